The second kappa shape index (κ2) is 6.53. The van der Waals surface area contributed by atoms with E-state index in [1.807, 2.05) is 38.1 Å². The van der Waals surface area contributed by atoms with Crippen molar-refractivity contribution >= 4 is 17.2 Å². The summed E-state index contributed by atoms with van der Waals surface area (Å²) in [5, 5.41) is 4.97. The van der Waals surface area contributed by atoms with Gasteiger partial charge in [-0.3, -0.25) is 4.79 Å². The minimum atomic E-state index is 0.0221. The van der Waals surface area contributed by atoms with Crippen LogP contribution in [0.25, 0.3) is 11.4 Å². The molecule has 8 heteroatoms. The normalized spacial score (nSPS) is 14.3. The SMILES string of the molecule is COc1ccccc1-c1noc(C2CN(C(=O)c3sc(C)nc3C)C2)n1. The summed E-state index contributed by atoms with van der Waals surface area (Å²) in [6.07, 6.45) is 0. The molecule has 1 amide bonds. The number of methoxy groups -OCH3 is 1. The van der Waals surface area contributed by atoms with Crippen LogP contribution in [0.4, 0.5) is 0 Å². The number of aromatic nitrogens is 3. The van der Waals surface area contributed by atoms with Crippen molar-refractivity contribution in [2.24, 2.45) is 0 Å². The van der Waals surface area contributed by atoms with Gasteiger partial charge in [-0.05, 0) is 26.0 Å². The van der Waals surface area contributed by atoms with E-state index in [9.17, 15) is 4.79 Å². The number of hydrogen-bond acceptors (Lipinski definition) is 7. The highest BCUT2D eigenvalue weighted by Gasteiger charge is 2.37. The maximum absolute atomic E-state index is 12.6. The Labute approximate surface area is 154 Å². The number of thiazole rings is 1. The molecule has 3 aromatic rings. The molecule has 1 fully saturated rings. The van der Waals surface area contributed by atoms with Gasteiger partial charge in [0, 0.05) is 13.1 Å². The summed E-state index contributed by atoms with van der Waals surface area (Å²) in [6.45, 7) is 4.92. The predicted octanol–water partition coefficient (Wildman–Crippen LogP) is 3.06. The van der Waals surface area contributed by atoms with Gasteiger partial charge in [-0.15, -0.1) is 11.3 Å². The Morgan fingerprint density at radius 2 is 2.04 bits per heavy atom. The number of hydrogen-bond donors (Lipinski definition) is 0. The molecule has 1 aromatic carbocycles. The number of benzene rings is 1. The molecule has 3 heterocycles. The van der Waals surface area contributed by atoms with E-state index in [0.717, 1.165) is 16.3 Å². The van der Waals surface area contributed by atoms with Crippen molar-refractivity contribution in [2.45, 2.75) is 19.8 Å². The summed E-state index contributed by atoms with van der Waals surface area (Å²) < 4.78 is 10.8. The van der Waals surface area contributed by atoms with Crippen molar-refractivity contribution in [2.75, 3.05) is 20.2 Å². The van der Waals surface area contributed by atoms with E-state index >= 15 is 0 Å². The number of nitrogens with zero attached hydrogens (tertiary/aromatic N) is 4. The van der Waals surface area contributed by atoms with E-state index in [0.29, 0.717) is 35.4 Å². The maximum Gasteiger partial charge on any atom is 0.265 e. The van der Waals surface area contributed by atoms with Gasteiger partial charge >= 0.3 is 0 Å². The van der Waals surface area contributed by atoms with Crippen molar-refractivity contribution in [3.8, 4) is 17.1 Å². The topological polar surface area (TPSA) is 81.4 Å². The predicted molar refractivity (Wildman–Crippen MR) is 96.5 cm³/mol. The number of para-hydroxylation sites is 1. The van der Waals surface area contributed by atoms with Crippen molar-refractivity contribution in [1.29, 1.82) is 0 Å². The molecule has 0 radical (unpaired) electrons. The first-order valence-electron chi connectivity index (χ1n) is 8.27. The Hall–Kier alpha value is -2.74. The van der Waals surface area contributed by atoms with Gasteiger partial charge in [0.05, 0.1) is 29.3 Å². The number of ether oxygens (including phenoxy) is 1. The fourth-order valence-corrected chi connectivity index (χ4v) is 3.90. The molecule has 26 heavy (non-hydrogen) atoms. The summed E-state index contributed by atoms with van der Waals surface area (Å²) in [5.41, 5.74) is 1.57. The summed E-state index contributed by atoms with van der Waals surface area (Å²) >= 11 is 1.43. The molecular weight excluding hydrogens is 352 g/mol. The van der Waals surface area contributed by atoms with Gasteiger partial charge in [-0.1, -0.05) is 17.3 Å². The Kier molecular flexibility index (Phi) is 4.20. The Morgan fingerprint density at radius 1 is 1.27 bits per heavy atom. The van der Waals surface area contributed by atoms with Crippen molar-refractivity contribution < 1.29 is 14.1 Å². The molecule has 134 valence electrons. The van der Waals surface area contributed by atoms with Gasteiger partial charge in [-0.25, -0.2) is 4.98 Å². The monoisotopic (exact) mass is 370 g/mol. The first-order chi connectivity index (χ1) is 12.6. The minimum Gasteiger partial charge on any atom is -0.496 e. The smallest absolute Gasteiger partial charge is 0.265 e. The summed E-state index contributed by atoms with van der Waals surface area (Å²) in [6, 6.07) is 7.53. The van der Waals surface area contributed by atoms with E-state index in [1.54, 1.807) is 12.0 Å². The highest BCUT2D eigenvalue weighted by atomic mass is 32.1. The molecule has 1 aliphatic rings. The van der Waals surface area contributed by atoms with Gasteiger partial charge in [0.1, 0.15) is 10.6 Å². The van der Waals surface area contributed by atoms with Gasteiger partial charge < -0.3 is 14.2 Å². The average Bonchev–Trinajstić information content (AvgIpc) is 3.20. The second-order valence-corrected chi connectivity index (χ2v) is 7.41. The molecule has 0 saturated carbocycles. The van der Waals surface area contributed by atoms with Crippen LogP contribution in [0, 0.1) is 13.8 Å². The molecule has 0 unspecified atom stereocenters. The first-order valence-corrected chi connectivity index (χ1v) is 9.08. The van der Waals surface area contributed by atoms with Gasteiger partial charge in [-0.2, -0.15) is 4.98 Å². The molecule has 1 aliphatic heterocycles. The van der Waals surface area contributed by atoms with Crippen LogP contribution in [0.3, 0.4) is 0 Å². The van der Waals surface area contributed by atoms with Gasteiger partial charge in [0.2, 0.25) is 11.7 Å². The number of carbonyl (C=O) groups is 1. The van der Waals surface area contributed by atoms with Crippen LogP contribution in [-0.2, 0) is 0 Å². The standard InChI is InChI=1S/C18H18N4O3S/c1-10-15(26-11(2)19-10)18(23)22-8-12(9-22)17-20-16(21-25-17)13-6-4-5-7-14(13)24-3/h4-7,12H,8-9H2,1-3H3. The molecule has 2 aromatic heterocycles. The first kappa shape index (κ1) is 16.7. The number of amides is 1. The minimum absolute atomic E-state index is 0.0221. The molecule has 4 rings (SSSR count). The zero-order chi connectivity index (χ0) is 18.3. The maximum atomic E-state index is 12.6. The Morgan fingerprint density at radius 3 is 2.73 bits per heavy atom. The molecule has 0 spiro atoms. The van der Waals surface area contributed by atoms with Gasteiger partial charge in [0.15, 0.2) is 0 Å². The molecule has 0 bridgehead atoms. The molecular formula is C18H18N4O3S. The number of aryl methyl sites for hydroxylation is 2. The lowest BCUT2D eigenvalue weighted by atomic mass is 10.00. The van der Waals surface area contributed by atoms with Crippen molar-refractivity contribution in [1.82, 2.24) is 20.0 Å². The number of carbonyl (C=O) groups excluding carboxylic acids is 1. The molecule has 7 nitrogen and oxygen atoms in total. The fraction of sp³-hybridized carbons (Fsp3) is 0.333. The molecule has 0 atom stereocenters. The third kappa shape index (κ3) is 2.86. The lowest BCUT2D eigenvalue weighted by Gasteiger charge is -2.36. The summed E-state index contributed by atoms with van der Waals surface area (Å²) in [5.74, 6) is 1.82. The largest absolute Gasteiger partial charge is 0.496 e. The van der Waals surface area contributed by atoms with Crippen LogP contribution in [0.15, 0.2) is 28.8 Å². The van der Waals surface area contributed by atoms with Crippen LogP contribution in [0.2, 0.25) is 0 Å². The average molecular weight is 370 g/mol. The van der Waals surface area contributed by atoms with E-state index < -0.39 is 0 Å². The van der Waals surface area contributed by atoms with Crippen LogP contribution >= 0.6 is 11.3 Å². The fourth-order valence-electron chi connectivity index (χ4n) is 3.01. The van der Waals surface area contributed by atoms with Crippen LogP contribution in [0.1, 0.15) is 32.2 Å². The van der Waals surface area contributed by atoms with E-state index in [-0.39, 0.29) is 11.8 Å². The van der Waals surface area contributed by atoms with Crippen molar-refractivity contribution in [3.05, 3.63) is 45.7 Å². The van der Waals surface area contributed by atoms with Gasteiger partial charge in [0.25, 0.3) is 5.91 Å². The Bertz CT molecular complexity index is 959. The van der Waals surface area contributed by atoms with Crippen LogP contribution < -0.4 is 4.74 Å². The molecule has 1 saturated heterocycles. The van der Waals surface area contributed by atoms with Crippen molar-refractivity contribution in [3.63, 3.8) is 0 Å². The quantitative estimate of drug-likeness (QED) is 0.702. The zero-order valence-electron chi connectivity index (χ0n) is 14.7. The molecule has 0 aliphatic carbocycles. The van der Waals surface area contributed by atoms with Crippen LogP contribution in [-0.4, -0.2) is 46.1 Å². The number of rotatable bonds is 4. The number of likely N-dealkylation sites (tertiary alicyclic amines) is 1. The second-order valence-electron chi connectivity index (χ2n) is 6.21. The molecule has 0 N–H and O–H groups in total. The highest BCUT2D eigenvalue weighted by molar-refractivity contribution is 7.13. The lowest BCUT2D eigenvalue weighted by Crippen LogP contribution is -2.48. The van der Waals surface area contributed by atoms with E-state index in [2.05, 4.69) is 15.1 Å². The van der Waals surface area contributed by atoms with E-state index in [1.165, 1.54) is 11.3 Å². The Balaban J connectivity index is 1.46. The lowest BCUT2D eigenvalue weighted by molar-refractivity contribution is 0.0573. The summed E-state index contributed by atoms with van der Waals surface area (Å²) in [7, 11) is 1.61. The zero-order valence-corrected chi connectivity index (χ0v) is 15.5. The third-order valence-corrected chi connectivity index (χ3v) is 5.47. The summed E-state index contributed by atoms with van der Waals surface area (Å²) in [4.78, 5) is 23.9. The van der Waals surface area contributed by atoms with Crippen LogP contribution in [0.5, 0.6) is 5.75 Å². The van der Waals surface area contributed by atoms with E-state index in [4.69, 9.17) is 9.26 Å². The highest BCUT2D eigenvalue weighted by Crippen LogP contribution is 2.32. The third-order valence-electron chi connectivity index (χ3n) is 4.41.